The number of anilines is 2. The van der Waals surface area contributed by atoms with E-state index in [1.54, 1.807) is 6.20 Å². The van der Waals surface area contributed by atoms with E-state index in [0.717, 1.165) is 16.2 Å². The van der Waals surface area contributed by atoms with Crippen LogP contribution < -0.4 is 11.1 Å². The summed E-state index contributed by atoms with van der Waals surface area (Å²) < 4.78 is 0.873. The maximum atomic E-state index is 5.61. The molecule has 1 aliphatic rings. The summed E-state index contributed by atoms with van der Waals surface area (Å²) in [5.74, 6) is 2.63. The Kier molecular flexibility index (Phi) is 3.86. The van der Waals surface area contributed by atoms with Crippen LogP contribution in [0.4, 0.5) is 11.8 Å². The molecule has 17 heavy (non-hydrogen) atoms. The quantitative estimate of drug-likeness (QED) is 0.881. The third kappa shape index (κ3) is 3.09. The van der Waals surface area contributed by atoms with Gasteiger partial charge in [0.1, 0.15) is 5.82 Å². The van der Waals surface area contributed by atoms with Crippen LogP contribution in [0.5, 0.6) is 0 Å². The first-order valence-corrected chi connectivity index (χ1v) is 6.90. The standard InChI is InChI=1S/C12H19BrN4/c1-7-3-4-10(8(2)5-7)16-11-9(13)6-15-12(14)17-11/h6-8,10H,3-5H2,1-2H3,(H3,14,15,16,17). The zero-order valence-electron chi connectivity index (χ0n) is 10.3. The largest absolute Gasteiger partial charge is 0.368 e. The molecule has 1 fully saturated rings. The van der Waals surface area contributed by atoms with Crippen molar-refractivity contribution in [1.82, 2.24) is 9.97 Å². The minimum atomic E-state index is 0.313. The number of nitrogen functional groups attached to an aromatic ring is 1. The molecular formula is C12H19BrN4. The summed E-state index contributed by atoms with van der Waals surface area (Å²) in [4.78, 5) is 8.17. The normalized spacial score (nSPS) is 29.0. The van der Waals surface area contributed by atoms with Crippen molar-refractivity contribution in [3.05, 3.63) is 10.7 Å². The van der Waals surface area contributed by atoms with E-state index in [1.165, 1.54) is 19.3 Å². The van der Waals surface area contributed by atoms with Gasteiger partial charge in [-0.25, -0.2) is 4.98 Å². The van der Waals surface area contributed by atoms with Crippen molar-refractivity contribution in [3.8, 4) is 0 Å². The molecule has 94 valence electrons. The number of nitrogens with one attached hydrogen (secondary N) is 1. The molecule has 0 radical (unpaired) electrons. The highest BCUT2D eigenvalue weighted by Crippen LogP contribution is 2.31. The number of rotatable bonds is 2. The van der Waals surface area contributed by atoms with Gasteiger partial charge in [0.2, 0.25) is 5.95 Å². The van der Waals surface area contributed by atoms with Gasteiger partial charge in [0, 0.05) is 12.2 Å². The molecule has 0 bridgehead atoms. The number of nitrogens with zero attached hydrogens (tertiary/aromatic N) is 2. The molecule has 1 saturated carbocycles. The van der Waals surface area contributed by atoms with E-state index in [0.29, 0.717) is 17.9 Å². The first-order valence-electron chi connectivity index (χ1n) is 6.11. The lowest BCUT2D eigenvalue weighted by Crippen LogP contribution is -2.33. The maximum Gasteiger partial charge on any atom is 0.221 e. The average Bonchev–Trinajstić information content (AvgIpc) is 2.27. The van der Waals surface area contributed by atoms with Crippen molar-refractivity contribution in [2.45, 2.75) is 39.2 Å². The van der Waals surface area contributed by atoms with Crippen LogP contribution in [0.2, 0.25) is 0 Å². The fourth-order valence-corrected chi connectivity index (χ4v) is 2.84. The summed E-state index contributed by atoms with van der Waals surface area (Å²) in [5.41, 5.74) is 5.61. The lowest BCUT2D eigenvalue weighted by molar-refractivity contribution is 0.276. The molecule has 0 aliphatic heterocycles. The molecule has 4 nitrogen and oxygen atoms in total. The topological polar surface area (TPSA) is 63.8 Å². The van der Waals surface area contributed by atoms with Crippen LogP contribution in [0.15, 0.2) is 10.7 Å². The molecular weight excluding hydrogens is 280 g/mol. The molecule has 0 spiro atoms. The monoisotopic (exact) mass is 298 g/mol. The predicted molar refractivity (Wildman–Crippen MR) is 73.7 cm³/mol. The molecule has 1 aliphatic carbocycles. The van der Waals surface area contributed by atoms with Gasteiger partial charge in [0.15, 0.2) is 0 Å². The van der Waals surface area contributed by atoms with Gasteiger partial charge >= 0.3 is 0 Å². The van der Waals surface area contributed by atoms with Crippen LogP contribution in [0.1, 0.15) is 33.1 Å². The van der Waals surface area contributed by atoms with Gasteiger partial charge in [0.25, 0.3) is 0 Å². The predicted octanol–water partition coefficient (Wildman–Crippen LogP) is 3.06. The Bertz CT molecular complexity index is 396. The highest BCUT2D eigenvalue weighted by Gasteiger charge is 2.25. The van der Waals surface area contributed by atoms with E-state index in [4.69, 9.17) is 5.73 Å². The van der Waals surface area contributed by atoms with Crippen molar-refractivity contribution >= 4 is 27.7 Å². The minimum Gasteiger partial charge on any atom is -0.368 e. The van der Waals surface area contributed by atoms with Crippen molar-refractivity contribution in [2.24, 2.45) is 11.8 Å². The highest BCUT2D eigenvalue weighted by atomic mass is 79.9. The van der Waals surface area contributed by atoms with Crippen LogP contribution in [0.3, 0.4) is 0 Å². The van der Waals surface area contributed by atoms with Gasteiger partial charge in [-0.3, -0.25) is 0 Å². The maximum absolute atomic E-state index is 5.61. The summed E-state index contributed by atoms with van der Waals surface area (Å²) in [5, 5.41) is 3.48. The second-order valence-corrected chi connectivity index (χ2v) is 5.93. The van der Waals surface area contributed by atoms with Crippen LogP contribution in [0.25, 0.3) is 0 Å². The summed E-state index contributed by atoms with van der Waals surface area (Å²) in [7, 11) is 0. The molecule has 3 atom stereocenters. The van der Waals surface area contributed by atoms with Crippen LogP contribution in [-0.2, 0) is 0 Å². The van der Waals surface area contributed by atoms with Gasteiger partial charge in [-0.15, -0.1) is 0 Å². The fourth-order valence-electron chi connectivity index (χ4n) is 2.54. The number of hydrogen-bond donors (Lipinski definition) is 2. The number of hydrogen-bond acceptors (Lipinski definition) is 4. The summed E-state index contributed by atoms with van der Waals surface area (Å²) in [6.07, 6.45) is 5.44. The Balaban J connectivity index is 2.07. The number of halogens is 1. The van der Waals surface area contributed by atoms with Gasteiger partial charge < -0.3 is 11.1 Å². The smallest absolute Gasteiger partial charge is 0.221 e. The van der Waals surface area contributed by atoms with Gasteiger partial charge in [0.05, 0.1) is 4.47 Å². The lowest BCUT2D eigenvalue weighted by Gasteiger charge is -2.33. The molecule has 0 amide bonds. The van der Waals surface area contributed by atoms with Crippen LogP contribution in [-0.4, -0.2) is 16.0 Å². The third-order valence-corrected chi connectivity index (χ3v) is 4.10. The second-order valence-electron chi connectivity index (χ2n) is 5.07. The zero-order chi connectivity index (χ0) is 12.4. The SMILES string of the molecule is CC1CCC(Nc2nc(N)ncc2Br)C(C)C1. The summed E-state index contributed by atoms with van der Waals surface area (Å²) in [6, 6.07) is 0.483. The van der Waals surface area contributed by atoms with Gasteiger partial charge in [-0.1, -0.05) is 13.8 Å². The lowest BCUT2D eigenvalue weighted by atomic mass is 9.80. The molecule has 1 aromatic heterocycles. The molecule has 0 aromatic carbocycles. The van der Waals surface area contributed by atoms with Crippen molar-refractivity contribution < 1.29 is 0 Å². The molecule has 3 unspecified atom stereocenters. The van der Waals surface area contributed by atoms with E-state index in [9.17, 15) is 0 Å². The summed E-state index contributed by atoms with van der Waals surface area (Å²) >= 11 is 3.45. The molecule has 0 saturated heterocycles. The van der Waals surface area contributed by atoms with Gasteiger partial charge in [-0.05, 0) is 47.0 Å². The first-order chi connectivity index (χ1) is 8.06. The summed E-state index contributed by atoms with van der Waals surface area (Å²) in [6.45, 7) is 4.62. The van der Waals surface area contributed by atoms with E-state index in [2.05, 4.69) is 45.1 Å². The van der Waals surface area contributed by atoms with Crippen molar-refractivity contribution in [3.63, 3.8) is 0 Å². The number of nitrogens with two attached hydrogens (primary N) is 1. The van der Waals surface area contributed by atoms with E-state index in [1.807, 2.05) is 0 Å². The Morgan fingerprint density at radius 2 is 2.18 bits per heavy atom. The Morgan fingerprint density at radius 1 is 1.41 bits per heavy atom. The minimum absolute atomic E-state index is 0.313. The van der Waals surface area contributed by atoms with Gasteiger partial charge in [-0.2, -0.15) is 4.98 Å². The Labute approximate surface area is 111 Å². The van der Waals surface area contributed by atoms with Crippen LogP contribution >= 0.6 is 15.9 Å². The molecule has 5 heteroatoms. The fraction of sp³-hybridized carbons (Fsp3) is 0.667. The van der Waals surface area contributed by atoms with E-state index < -0.39 is 0 Å². The zero-order valence-corrected chi connectivity index (χ0v) is 11.9. The van der Waals surface area contributed by atoms with Crippen molar-refractivity contribution in [2.75, 3.05) is 11.1 Å². The third-order valence-electron chi connectivity index (χ3n) is 3.52. The molecule has 1 aromatic rings. The second kappa shape index (κ2) is 5.21. The van der Waals surface area contributed by atoms with Crippen LogP contribution in [0, 0.1) is 11.8 Å². The van der Waals surface area contributed by atoms with Crippen molar-refractivity contribution in [1.29, 1.82) is 0 Å². The van der Waals surface area contributed by atoms with E-state index in [-0.39, 0.29) is 0 Å². The first kappa shape index (κ1) is 12.6. The highest BCUT2D eigenvalue weighted by molar-refractivity contribution is 9.10. The molecule has 1 heterocycles. The Hall–Kier alpha value is -0.840. The van der Waals surface area contributed by atoms with E-state index >= 15 is 0 Å². The Morgan fingerprint density at radius 3 is 2.88 bits per heavy atom. The molecule has 2 rings (SSSR count). The number of aromatic nitrogens is 2. The average molecular weight is 299 g/mol. The molecule has 3 N–H and O–H groups in total.